The van der Waals surface area contributed by atoms with Gasteiger partial charge in [0.2, 0.25) is 5.71 Å². The third kappa shape index (κ3) is 5.00. The summed E-state index contributed by atoms with van der Waals surface area (Å²) in [7, 11) is 0. The standard InChI is InChI=1S/C26H19ClN6O2S/c27-21-20-22(17(13-28)14-30-24(20)35-23(21)16-7-3-1-4-8-16)29-12-11-19-15-31-26(36-19)33-25(34)32-18-9-5-2-6-10-18/h1-10,14-15H,11-12H2,(H,29,30)(H2,31,32,33,34). The molecule has 0 unspecified atom stereocenters. The van der Waals surface area contributed by atoms with Crippen molar-refractivity contribution in [1.29, 1.82) is 5.26 Å². The van der Waals surface area contributed by atoms with Gasteiger partial charge in [0.1, 0.15) is 6.07 Å². The van der Waals surface area contributed by atoms with Crippen LogP contribution in [0.1, 0.15) is 10.4 Å². The fraction of sp³-hybridized carbons (Fsp3) is 0.0769. The number of para-hydroxylation sites is 1. The molecule has 0 aliphatic carbocycles. The molecule has 0 fully saturated rings. The molecule has 5 rings (SSSR count). The summed E-state index contributed by atoms with van der Waals surface area (Å²) in [6.45, 7) is 0.508. The number of halogens is 1. The summed E-state index contributed by atoms with van der Waals surface area (Å²) in [5, 5.41) is 19.9. The molecule has 3 N–H and O–H groups in total. The summed E-state index contributed by atoms with van der Waals surface area (Å²) in [5.74, 6) is 0.504. The van der Waals surface area contributed by atoms with Gasteiger partial charge in [-0.1, -0.05) is 60.1 Å². The van der Waals surface area contributed by atoms with E-state index in [-0.39, 0.29) is 6.03 Å². The minimum absolute atomic E-state index is 0.356. The molecule has 2 amide bonds. The molecule has 0 radical (unpaired) electrons. The second kappa shape index (κ2) is 10.5. The number of carbonyl (C=O) groups excluding carboxylic acids is 1. The molecule has 0 saturated carbocycles. The molecule has 8 nitrogen and oxygen atoms in total. The third-order valence-electron chi connectivity index (χ3n) is 5.30. The lowest BCUT2D eigenvalue weighted by molar-refractivity contribution is 0.262. The molecule has 10 heteroatoms. The van der Waals surface area contributed by atoms with Crippen LogP contribution < -0.4 is 16.0 Å². The molecule has 36 heavy (non-hydrogen) atoms. The highest BCUT2D eigenvalue weighted by Crippen LogP contribution is 2.41. The first kappa shape index (κ1) is 23.4. The Labute approximate surface area is 215 Å². The van der Waals surface area contributed by atoms with Crippen LogP contribution in [0.25, 0.3) is 22.4 Å². The number of pyridine rings is 1. The SMILES string of the molecule is N#Cc1cnc2oc(-c3ccccc3)c(Cl)c2c1NCCc1cnc(NC(=O)Nc2ccccc2)s1. The Kier molecular flexibility index (Phi) is 6.80. The van der Waals surface area contributed by atoms with Crippen molar-refractivity contribution >= 4 is 56.6 Å². The zero-order chi connectivity index (χ0) is 24.9. The lowest BCUT2D eigenvalue weighted by atomic mass is 10.1. The van der Waals surface area contributed by atoms with Crippen LogP contribution in [0.4, 0.5) is 21.3 Å². The Bertz CT molecular complexity index is 1560. The van der Waals surface area contributed by atoms with Gasteiger partial charge < -0.3 is 15.1 Å². The van der Waals surface area contributed by atoms with Gasteiger partial charge in [0, 0.05) is 35.3 Å². The van der Waals surface area contributed by atoms with Crippen molar-refractivity contribution in [3.63, 3.8) is 0 Å². The lowest BCUT2D eigenvalue weighted by Crippen LogP contribution is -2.19. The predicted octanol–water partition coefficient (Wildman–Crippen LogP) is 6.77. The van der Waals surface area contributed by atoms with E-state index in [4.69, 9.17) is 16.0 Å². The second-order valence-corrected chi connectivity index (χ2v) is 9.20. The highest BCUT2D eigenvalue weighted by atomic mass is 35.5. The minimum atomic E-state index is -0.359. The molecule has 178 valence electrons. The molecule has 0 atom stereocenters. The van der Waals surface area contributed by atoms with Crippen LogP contribution in [-0.4, -0.2) is 22.5 Å². The van der Waals surface area contributed by atoms with E-state index in [2.05, 4.69) is 32.0 Å². The number of thiazole rings is 1. The number of fused-ring (bicyclic) bond motifs is 1. The first-order valence-corrected chi connectivity index (χ1v) is 12.2. The Morgan fingerprint density at radius 1 is 1.03 bits per heavy atom. The Hall–Kier alpha value is -4.39. The summed E-state index contributed by atoms with van der Waals surface area (Å²) in [6, 6.07) is 20.5. The van der Waals surface area contributed by atoms with Gasteiger partial charge in [-0.3, -0.25) is 5.32 Å². The van der Waals surface area contributed by atoms with Crippen molar-refractivity contribution in [1.82, 2.24) is 9.97 Å². The molecule has 0 saturated heterocycles. The monoisotopic (exact) mass is 514 g/mol. The average Bonchev–Trinajstić information content (AvgIpc) is 3.49. The maximum Gasteiger partial charge on any atom is 0.325 e. The zero-order valence-corrected chi connectivity index (χ0v) is 20.4. The van der Waals surface area contributed by atoms with Gasteiger partial charge in [0.25, 0.3) is 0 Å². The van der Waals surface area contributed by atoms with Gasteiger partial charge in [-0.05, 0) is 12.1 Å². The molecule has 0 aliphatic heterocycles. The topological polar surface area (TPSA) is 116 Å². The van der Waals surface area contributed by atoms with E-state index >= 15 is 0 Å². The quantitative estimate of drug-likeness (QED) is 0.220. The van der Waals surface area contributed by atoms with Crippen molar-refractivity contribution in [2.45, 2.75) is 6.42 Å². The summed E-state index contributed by atoms with van der Waals surface area (Å²) in [4.78, 5) is 21.7. The second-order valence-electron chi connectivity index (χ2n) is 7.70. The predicted molar refractivity (Wildman–Crippen MR) is 143 cm³/mol. The summed E-state index contributed by atoms with van der Waals surface area (Å²) < 4.78 is 5.93. The summed E-state index contributed by atoms with van der Waals surface area (Å²) in [6.07, 6.45) is 3.81. The maximum atomic E-state index is 12.2. The largest absolute Gasteiger partial charge is 0.436 e. The summed E-state index contributed by atoms with van der Waals surface area (Å²) in [5.41, 5.74) is 2.82. The van der Waals surface area contributed by atoms with Gasteiger partial charge >= 0.3 is 6.03 Å². The van der Waals surface area contributed by atoms with Crippen molar-refractivity contribution in [2.75, 3.05) is 22.5 Å². The van der Waals surface area contributed by atoms with Gasteiger partial charge in [0.15, 0.2) is 10.9 Å². The smallest absolute Gasteiger partial charge is 0.325 e. The molecule has 0 aliphatic rings. The van der Waals surface area contributed by atoms with Crippen LogP contribution in [0.15, 0.2) is 77.5 Å². The molecule has 0 bridgehead atoms. The molecular formula is C26H19ClN6O2S. The van der Waals surface area contributed by atoms with Crippen molar-refractivity contribution in [3.8, 4) is 17.4 Å². The van der Waals surface area contributed by atoms with Gasteiger partial charge in [-0.25, -0.2) is 14.8 Å². The lowest BCUT2D eigenvalue weighted by Gasteiger charge is -2.08. The minimum Gasteiger partial charge on any atom is -0.436 e. The highest BCUT2D eigenvalue weighted by Gasteiger charge is 2.21. The number of amides is 2. The normalized spacial score (nSPS) is 10.7. The van der Waals surface area contributed by atoms with E-state index in [1.165, 1.54) is 17.5 Å². The van der Waals surface area contributed by atoms with Crippen LogP contribution in [-0.2, 0) is 6.42 Å². The number of urea groups is 1. The van der Waals surface area contributed by atoms with E-state index < -0.39 is 0 Å². The number of hydrogen-bond acceptors (Lipinski definition) is 7. The van der Waals surface area contributed by atoms with Gasteiger partial charge in [-0.2, -0.15) is 5.26 Å². The number of nitriles is 1. The van der Waals surface area contributed by atoms with Crippen LogP contribution in [0.3, 0.4) is 0 Å². The van der Waals surface area contributed by atoms with Crippen LogP contribution in [0.5, 0.6) is 0 Å². The molecule has 3 aromatic heterocycles. The molecule has 0 spiro atoms. The van der Waals surface area contributed by atoms with Gasteiger partial charge in [0.05, 0.1) is 27.9 Å². The molecular weight excluding hydrogens is 496 g/mol. The van der Waals surface area contributed by atoms with E-state index in [1.807, 2.05) is 48.5 Å². The highest BCUT2D eigenvalue weighted by molar-refractivity contribution is 7.15. The first-order valence-electron chi connectivity index (χ1n) is 11.0. The van der Waals surface area contributed by atoms with E-state index in [0.29, 0.717) is 56.9 Å². The van der Waals surface area contributed by atoms with Crippen molar-refractivity contribution < 1.29 is 9.21 Å². The number of aromatic nitrogens is 2. The molecule has 5 aromatic rings. The van der Waals surface area contributed by atoms with Crippen molar-refractivity contribution in [2.24, 2.45) is 0 Å². The Morgan fingerprint density at radius 3 is 2.53 bits per heavy atom. The Morgan fingerprint density at radius 2 is 1.78 bits per heavy atom. The first-order chi connectivity index (χ1) is 17.6. The van der Waals surface area contributed by atoms with Crippen LogP contribution >= 0.6 is 22.9 Å². The number of rotatable bonds is 7. The number of benzene rings is 2. The van der Waals surface area contributed by atoms with E-state index in [0.717, 1.165) is 10.4 Å². The molecule has 3 heterocycles. The zero-order valence-electron chi connectivity index (χ0n) is 18.8. The average molecular weight is 515 g/mol. The molecule has 2 aromatic carbocycles. The maximum absolute atomic E-state index is 12.2. The van der Waals surface area contributed by atoms with Crippen LogP contribution in [0.2, 0.25) is 5.02 Å². The number of nitrogens with zero attached hydrogens (tertiary/aromatic N) is 3. The third-order valence-corrected chi connectivity index (χ3v) is 6.63. The van der Waals surface area contributed by atoms with E-state index in [1.54, 1.807) is 18.3 Å². The number of anilines is 3. The summed E-state index contributed by atoms with van der Waals surface area (Å²) >= 11 is 8.07. The number of hydrogen-bond donors (Lipinski definition) is 3. The fourth-order valence-electron chi connectivity index (χ4n) is 3.65. The fourth-order valence-corrected chi connectivity index (χ4v) is 4.78. The van der Waals surface area contributed by atoms with Gasteiger partial charge in [-0.15, -0.1) is 11.3 Å². The number of carbonyl (C=O) groups is 1. The van der Waals surface area contributed by atoms with Crippen molar-refractivity contribution in [3.05, 3.63) is 88.5 Å². The van der Waals surface area contributed by atoms with E-state index in [9.17, 15) is 10.1 Å². The number of nitrogens with one attached hydrogen (secondary N) is 3. The Balaban J connectivity index is 1.28. The van der Waals surface area contributed by atoms with Crippen LogP contribution in [0, 0.1) is 11.3 Å². The number of furan rings is 1.